The molecule has 18 heavy (non-hydrogen) atoms. The topological polar surface area (TPSA) is 41.6 Å². The molecule has 1 aromatic rings. The maximum absolute atomic E-state index is 11.5. The fraction of sp³-hybridized carbons (Fsp3) is 0.462. The van der Waals surface area contributed by atoms with E-state index in [9.17, 15) is 4.79 Å². The first-order valence-corrected chi connectivity index (χ1v) is 6.17. The molecular formula is C13H19ClN2O2. The highest BCUT2D eigenvalue weighted by molar-refractivity contribution is 6.31. The number of hydrogen-bond acceptors (Lipinski definition) is 3. The zero-order valence-electron chi connectivity index (χ0n) is 11.0. The van der Waals surface area contributed by atoms with Crippen molar-refractivity contribution in [1.29, 1.82) is 0 Å². The average molecular weight is 271 g/mol. The summed E-state index contributed by atoms with van der Waals surface area (Å²) in [6, 6.07) is 5.33. The van der Waals surface area contributed by atoms with Gasteiger partial charge >= 0.3 is 0 Å². The molecule has 0 heterocycles. The van der Waals surface area contributed by atoms with E-state index in [1.807, 2.05) is 32.0 Å². The van der Waals surface area contributed by atoms with Crippen LogP contribution in [0.4, 0.5) is 0 Å². The molecule has 5 heteroatoms. The molecule has 1 rings (SSSR count). The molecule has 0 unspecified atom stereocenters. The molecule has 0 fully saturated rings. The van der Waals surface area contributed by atoms with Crippen molar-refractivity contribution in [3.8, 4) is 5.75 Å². The number of halogens is 1. The van der Waals surface area contributed by atoms with Gasteiger partial charge in [0, 0.05) is 18.1 Å². The minimum absolute atomic E-state index is 0.0223. The van der Waals surface area contributed by atoms with Crippen LogP contribution in [0.25, 0.3) is 0 Å². The minimum Gasteiger partial charge on any atom is -0.484 e. The van der Waals surface area contributed by atoms with Gasteiger partial charge in [0.2, 0.25) is 0 Å². The van der Waals surface area contributed by atoms with E-state index in [1.165, 1.54) is 0 Å². The number of aryl methyl sites for hydroxylation is 1. The lowest BCUT2D eigenvalue weighted by molar-refractivity contribution is -0.123. The maximum Gasteiger partial charge on any atom is 0.257 e. The van der Waals surface area contributed by atoms with Crippen molar-refractivity contribution in [2.24, 2.45) is 0 Å². The molecule has 1 aromatic carbocycles. The van der Waals surface area contributed by atoms with E-state index in [0.29, 0.717) is 17.3 Å². The SMILES string of the molecule is Cc1cc(OCC(=O)NCCN(C)C)ccc1Cl. The quantitative estimate of drug-likeness (QED) is 0.856. The molecular weight excluding hydrogens is 252 g/mol. The summed E-state index contributed by atoms with van der Waals surface area (Å²) in [5, 5.41) is 3.47. The number of likely N-dealkylation sites (N-methyl/N-ethyl adjacent to an activating group) is 1. The maximum atomic E-state index is 11.5. The highest BCUT2D eigenvalue weighted by Gasteiger charge is 2.03. The van der Waals surface area contributed by atoms with Crippen LogP contribution in [-0.2, 0) is 4.79 Å². The lowest BCUT2D eigenvalue weighted by atomic mass is 10.2. The molecule has 0 saturated carbocycles. The largest absolute Gasteiger partial charge is 0.484 e. The lowest BCUT2D eigenvalue weighted by Crippen LogP contribution is -2.34. The van der Waals surface area contributed by atoms with E-state index in [-0.39, 0.29) is 12.5 Å². The summed E-state index contributed by atoms with van der Waals surface area (Å²) in [7, 11) is 3.91. The van der Waals surface area contributed by atoms with Gasteiger partial charge in [0.1, 0.15) is 5.75 Å². The van der Waals surface area contributed by atoms with E-state index < -0.39 is 0 Å². The second-order valence-electron chi connectivity index (χ2n) is 4.35. The van der Waals surface area contributed by atoms with E-state index in [1.54, 1.807) is 12.1 Å². The molecule has 0 spiro atoms. The first kappa shape index (κ1) is 14.8. The number of nitrogens with one attached hydrogen (secondary N) is 1. The van der Waals surface area contributed by atoms with Gasteiger partial charge in [-0.05, 0) is 44.8 Å². The predicted molar refractivity (Wildman–Crippen MR) is 73.2 cm³/mol. The molecule has 0 bridgehead atoms. The number of rotatable bonds is 6. The Kier molecular flexibility index (Phi) is 5.95. The fourth-order valence-electron chi connectivity index (χ4n) is 1.33. The van der Waals surface area contributed by atoms with Gasteiger partial charge in [-0.3, -0.25) is 4.79 Å². The zero-order chi connectivity index (χ0) is 13.5. The summed E-state index contributed by atoms with van der Waals surface area (Å²) in [6.07, 6.45) is 0. The fourth-order valence-corrected chi connectivity index (χ4v) is 1.44. The molecule has 0 aromatic heterocycles. The van der Waals surface area contributed by atoms with Crippen molar-refractivity contribution in [1.82, 2.24) is 10.2 Å². The summed E-state index contributed by atoms with van der Waals surface area (Å²) < 4.78 is 5.38. The van der Waals surface area contributed by atoms with Gasteiger partial charge in [0.25, 0.3) is 5.91 Å². The van der Waals surface area contributed by atoms with Crippen LogP contribution in [0.2, 0.25) is 5.02 Å². The minimum atomic E-state index is -0.121. The molecule has 4 nitrogen and oxygen atoms in total. The van der Waals surface area contributed by atoms with Crippen molar-refractivity contribution in [3.05, 3.63) is 28.8 Å². The number of carbonyl (C=O) groups excluding carboxylic acids is 1. The molecule has 0 aliphatic heterocycles. The van der Waals surface area contributed by atoms with Gasteiger partial charge in [0.15, 0.2) is 6.61 Å². The molecule has 0 radical (unpaired) electrons. The number of carbonyl (C=O) groups is 1. The van der Waals surface area contributed by atoms with Crippen LogP contribution in [0.1, 0.15) is 5.56 Å². The van der Waals surface area contributed by atoms with Crippen molar-refractivity contribution in [3.63, 3.8) is 0 Å². The molecule has 0 aliphatic rings. The Balaban J connectivity index is 2.31. The van der Waals surface area contributed by atoms with Crippen molar-refractivity contribution >= 4 is 17.5 Å². The van der Waals surface area contributed by atoms with Crippen LogP contribution in [0.5, 0.6) is 5.75 Å². The lowest BCUT2D eigenvalue weighted by Gasteiger charge is -2.11. The Morgan fingerprint density at radius 3 is 2.78 bits per heavy atom. The molecule has 0 aliphatic carbocycles. The normalized spacial score (nSPS) is 10.5. The molecule has 0 saturated heterocycles. The van der Waals surface area contributed by atoms with Gasteiger partial charge in [0.05, 0.1) is 0 Å². The van der Waals surface area contributed by atoms with E-state index >= 15 is 0 Å². The predicted octanol–water partition coefficient (Wildman–Crippen LogP) is 1.71. The molecule has 1 N–H and O–H groups in total. The van der Waals surface area contributed by atoms with Crippen molar-refractivity contribution in [2.75, 3.05) is 33.8 Å². The second kappa shape index (κ2) is 7.24. The Morgan fingerprint density at radius 1 is 1.44 bits per heavy atom. The van der Waals surface area contributed by atoms with Gasteiger partial charge in [-0.2, -0.15) is 0 Å². The van der Waals surface area contributed by atoms with Crippen LogP contribution < -0.4 is 10.1 Å². The Hall–Kier alpha value is -1.26. The van der Waals surface area contributed by atoms with Gasteiger partial charge in [-0.25, -0.2) is 0 Å². The van der Waals surface area contributed by atoms with Gasteiger partial charge in [-0.1, -0.05) is 11.6 Å². The third kappa shape index (κ3) is 5.38. The van der Waals surface area contributed by atoms with Crippen LogP contribution in [-0.4, -0.2) is 44.6 Å². The number of hydrogen-bond donors (Lipinski definition) is 1. The van der Waals surface area contributed by atoms with Crippen molar-refractivity contribution < 1.29 is 9.53 Å². The molecule has 100 valence electrons. The summed E-state index contributed by atoms with van der Waals surface area (Å²) in [4.78, 5) is 13.5. The monoisotopic (exact) mass is 270 g/mol. The van der Waals surface area contributed by atoms with Crippen LogP contribution in [0.3, 0.4) is 0 Å². The number of benzene rings is 1. The zero-order valence-corrected chi connectivity index (χ0v) is 11.8. The summed E-state index contributed by atoms with van der Waals surface area (Å²) >= 11 is 5.90. The molecule has 0 atom stereocenters. The van der Waals surface area contributed by atoms with E-state index in [2.05, 4.69) is 5.32 Å². The first-order chi connectivity index (χ1) is 8.49. The Labute approximate surface area is 113 Å². The third-order valence-electron chi connectivity index (χ3n) is 2.38. The number of ether oxygens (including phenoxy) is 1. The van der Waals surface area contributed by atoms with Crippen LogP contribution in [0, 0.1) is 6.92 Å². The third-order valence-corrected chi connectivity index (χ3v) is 2.80. The summed E-state index contributed by atoms with van der Waals surface area (Å²) in [6.45, 7) is 3.35. The van der Waals surface area contributed by atoms with Crippen LogP contribution in [0.15, 0.2) is 18.2 Å². The smallest absolute Gasteiger partial charge is 0.257 e. The first-order valence-electron chi connectivity index (χ1n) is 5.79. The molecule has 1 amide bonds. The number of nitrogens with zero attached hydrogens (tertiary/aromatic N) is 1. The Morgan fingerprint density at radius 2 is 2.17 bits per heavy atom. The van der Waals surface area contributed by atoms with E-state index in [0.717, 1.165) is 12.1 Å². The average Bonchev–Trinajstić information content (AvgIpc) is 2.30. The standard InChI is InChI=1S/C13H19ClN2O2/c1-10-8-11(4-5-12(10)14)18-9-13(17)15-6-7-16(2)3/h4-5,8H,6-7,9H2,1-3H3,(H,15,17). The van der Waals surface area contributed by atoms with Crippen LogP contribution >= 0.6 is 11.6 Å². The second-order valence-corrected chi connectivity index (χ2v) is 4.76. The Bertz CT molecular complexity index is 408. The van der Waals surface area contributed by atoms with Gasteiger partial charge < -0.3 is 15.0 Å². The summed E-state index contributed by atoms with van der Waals surface area (Å²) in [5.74, 6) is 0.532. The van der Waals surface area contributed by atoms with Crippen molar-refractivity contribution in [2.45, 2.75) is 6.92 Å². The van der Waals surface area contributed by atoms with Gasteiger partial charge in [-0.15, -0.1) is 0 Å². The highest BCUT2D eigenvalue weighted by atomic mass is 35.5. The highest BCUT2D eigenvalue weighted by Crippen LogP contribution is 2.20. The van der Waals surface area contributed by atoms with E-state index in [4.69, 9.17) is 16.3 Å². The number of amides is 1. The summed E-state index contributed by atoms with van der Waals surface area (Å²) in [5.41, 5.74) is 0.933.